The Bertz CT molecular complexity index is 898. The predicted molar refractivity (Wildman–Crippen MR) is 92.6 cm³/mol. The minimum absolute atomic E-state index is 0.0587. The van der Waals surface area contributed by atoms with Crippen LogP contribution in [-0.2, 0) is 7.05 Å². The summed E-state index contributed by atoms with van der Waals surface area (Å²) < 4.78 is 3.86. The molecule has 1 aliphatic heterocycles. The fourth-order valence-corrected chi connectivity index (χ4v) is 3.49. The number of carbonyl (C=O) groups is 1. The first-order chi connectivity index (χ1) is 12.1. The highest BCUT2D eigenvalue weighted by molar-refractivity contribution is 5.95. The molecular formula is C18H20N6O. The number of benzene rings is 1. The maximum atomic E-state index is 12.9. The minimum atomic E-state index is 0.0587. The number of imidazole rings is 1. The Hall–Kier alpha value is -2.96. The highest BCUT2D eigenvalue weighted by atomic mass is 16.2. The summed E-state index contributed by atoms with van der Waals surface area (Å²) in [6.07, 6.45) is 6.22. The van der Waals surface area contributed by atoms with E-state index in [9.17, 15) is 4.79 Å². The van der Waals surface area contributed by atoms with Crippen LogP contribution in [0.3, 0.4) is 0 Å². The zero-order valence-corrected chi connectivity index (χ0v) is 14.3. The van der Waals surface area contributed by atoms with Gasteiger partial charge < -0.3 is 9.47 Å². The molecule has 0 saturated carbocycles. The van der Waals surface area contributed by atoms with Gasteiger partial charge in [-0.3, -0.25) is 9.36 Å². The van der Waals surface area contributed by atoms with Gasteiger partial charge in [0.1, 0.15) is 18.5 Å². The first kappa shape index (κ1) is 15.6. The topological polar surface area (TPSA) is 68.8 Å². The van der Waals surface area contributed by atoms with Gasteiger partial charge >= 0.3 is 0 Å². The number of hydrogen-bond acceptors (Lipinski definition) is 4. The Morgan fingerprint density at radius 1 is 1.24 bits per heavy atom. The number of hydrogen-bond donors (Lipinski definition) is 0. The monoisotopic (exact) mass is 336 g/mol. The molecule has 0 aliphatic carbocycles. The summed E-state index contributed by atoms with van der Waals surface area (Å²) in [6.45, 7) is 3.46. The van der Waals surface area contributed by atoms with Gasteiger partial charge in [0.05, 0.1) is 5.69 Å². The van der Waals surface area contributed by atoms with Crippen molar-refractivity contribution in [3.05, 3.63) is 60.2 Å². The average Bonchev–Trinajstić information content (AvgIpc) is 3.35. The van der Waals surface area contributed by atoms with E-state index in [2.05, 4.69) is 19.7 Å². The third-order valence-electron chi connectivity index (χ3n) is 4.68. The van der Waals surface area contributed by atoms with Crippen LogP contribution in [0.4, 0.5) is 0 Å². The molecule has 128 valence electrons. The van der Waals surface area contributed by atoms with Crippen LogP contribution in [0.2, 0.25) is 0 Å². The van der Waals surface area contributed by atoms with E-state index in [1.54, 1.807) is 17.2 Å². The normalized spacial score (nSPS) is 17.2. The van der Waals surface area contributed by atoms with E-state index in [-0.39, 0.29) is 5.91 Å². The number of nitrogens with zero attached hydrogens (tertiary/aromatic N) is 6. The second-order valence-electron chi connectivity index (χ2n) is 6.51. The van der Waals surface area contributed by atoms with E-state index in [4.69, 9.17) is 0 Å². The number of likely N-dealkylation sites (tertiary alicyclic amines) is 1. The van der Waals surface area contributed by atoms with Crippen molar-refractivity contribution in [1.82, 2.24) is 29.2 Å². The molecule has 4 rings (SSSR count). The minimum Gasteiger partial charge on any atom is -0.338 e. The maximum Gasteiger partial charge on any atom is 0.253 e. The average molecular weight is 336 g/mol. The summed E-state index contributed by atoms with van der Waals surface area (Å²) in [5, 5.41) is 7.63. The first-order valence-electron chi connectivity index (χ1n) is 8.36. The lowest BCUT2D eigenvalue weighted by Crippen LogP contribution is -2.28. The largest absolute Gasteiger partial charge is 0.338 e. The fourth-order valence-electron chi connectivity index (χ4n) is 3.49. The summed E-state index contributed by atoms with van der Waals surface area (Å²) in [4.78, 5) is 19.4. The van der Waals surface area contributed by atoms with Crippen LogP contribution >= 0.6 is 0 Å². The molecule has 1 saturated heterocycles. The fraction of sp³-hybridized carbons (Fsp3) is 0.333. The van der Waals surface area contributed by atoms with Gasteiger partial charge in [-0.15, -0.1) is 10.2 Å². The lowest BCUT2D eigenvalue weighted by molar-refractivity contribution is 0.0790. The molecule has 1 aromatic carbocycles. The second-order valence-corrected chi connectivity index (χ2v) is 6.51. The van der Waals surface area contributed by atoms with Crippen LogP contribution in [0.25, 0.3) is 5.69 Å². The molecule has 25 heavy (non-hydrogen) atoms. The van der Waals surface area contributed by atoms with Crippen LogP contribution < -0.4 is 0 Å². The van der Waals surface area contributed by atoms with E-state index in [0.29, 0.717) is 18.0 Å². The molecule has 1 amide bonds. The van der Waals surface area contributed by atoms with E-state index < -0.39 is 0 Å². The zero-order chi connectivity index (χ0) is 17.4. The van der Waals surface area contributed by atoms with Crippen molar-refractivity contribution in [2.45, 2.75) is 19.3 Å². The van der Waals surface area contributed by atoms with Crippen molar-refractivity contribution in [3.63, 3.8) is 0 Å². The standard InChI is InChI=1S/C18H20N6O/c1-13-9-22(2)17(21-13)15-6-7-23(10-15)18(25)14-4-3-5-16(8-14)24-11-19-20-12-24/h3-5,8-9,11-12,15H,6-7,10H2,1-2H3. The van der Waals surface area contributed by atoms with Crippen molar-refractivity contribution in [1.29, 1.82) is 0 Å². The van der Waals surface area contributed by atoms with Gasteiger partial charge in [0.2, 0.25) is 0 Å². The Labute approximate surface area is 145 Å². The summed E-state index contributed by atoms with van der Waals surface area (Å²) in [6, 6.07) is 7.56. The molecule has 1 atom stereocenters. The summed E-state index contributed by atoms with van der Waals surface area (Å²) in [5.74, 6) is 1.41. The first-order valence-corrected chi connectivity index (χ1v) is 8.36. The molecule has 7 heteroatoms. The number of aryl methyl sites for hydroxylation is 2. The van der Waals surface area contributed by atoms with Crippen molar-refractivity contribution in [2.75, 3.05) is 13.1 Å². The quantitative estimate of drug-likeness (QED) is 0.733. The molecule has 1 unspecified atom stereocenters. The lowest BCUT2D eigenvalue weighted by Gasteiger charge is -2.17. The smallest absolute Gasteiger partial charge is 0.253 e. The van der Waals surface area contributed by atoms with E-state index in [1.165, 1.54) is 0 Å². The third kappa shape index (κ3) is 2.93. The van der Waals surface area contributed by atoms with Crippen molar-refractivity contribution >= 4 is 5.91 Å². The van der Waals surface area contributed by atoms with Gasteiger partial charge in [-0.2, -0.15) is 0 Å². The van der Waals surface area contributed by atoms with Gasteiger partial charge in [0.25, 0.3) is 5.91 Å². The van der Waals surface area contributed by atoms with E-state index >= 15 is 0 Å². The highest BCUT2D eigenvalue weighted by Crippen LogP contribution is 2.27. The van der Waals surface area contributed by atoms with Crippen LogP contribution in [0.5, 0.6) is 0 Å². The molecule has 0 radical (unpaired) electrons. The van der Waals surface area contributed by atoms with Crippen molar-refractivity contribution < 1.29 is 4.79 Å². The molecule has 0 bridgehead atoms. The highest BCUT2D eigenvalue weighted by Gasteiger charge is 2.30. The number of carbonyl (C=O) groups excluding carboxylic acids is 1. The van der Waals surface area contributed by atoms with Gasteiger partial charge in [-0.05, 0) is 31.5 Å². The molecular weight excluding hydrogens is 316 g/mol. The Morgan fingerprint density at radius 2 is 2.04 bits per heavy atom. The Morgan fingerprint density at radius 3 is 2.76 bits per heavy atom. The summed E-state index contributed by atoms with van der Waals surface area (Å²) >= 11 is 0. The zero-order valence-electron chi connectivity index (χ0n) is 14.3. The lowest BCUT2D eigenvalue weighted by atomic mass is 10.1. The number of aromatic nitrogens is 5. The van der Waals surface area contributed by atoms with Gasteiger partial charge in [0.15, 0.2) is 0 Å². The molecule has 1 aliphatic rings. The Kier molecular flexibility index (Phi) is 3.83. The molecule has 3 aromatic rings. The van der Waals surface area contributed by atoms with Crippen molar-refractivity contribution in [2.24, 2.45) is 7.05 Å². The second kappa shape index (κ2) is 6.16. The summed E-state index contributed by atoms with van der Waals surface area (Å²) in [7, 11) is 2.02. The molecule has 0 N–H and O–H groups in total. The van der Waals surface area contributed by atoms with Crippen LogP contribution in [-0.4, -0.2) is 48.2 Å². The SMILES string of the molecule is Cc1cn(C)c(C2CCN(C(=O)c3cccc(-n4cnnc4)c3)C2)n1. The molecule has 0 spiro atoms. The summed E-state index contributed by atoms with van der Waals surface area (Å²) in [5.41, 5.74) is 2.58. The van der Waals surface area contributed by atoms with E-state index in [0.717, 1.165) is 30.2 Å². The maximum absolute atomic E-state index is 12.9. The molecule has 3 heterocycles. The third-order valence-corrected chi connectivity index (χ3v) is 4.68. The van der Waals surface area contributed by atoms with Gasteiger partial charge in [-0.25, -0.2) is 4.98 Å². The van der Waals surface area contributed by atoms with Gasteiger partial charge in [0, 0.05) is 43.5 Å². The van der Waals surface area contributed by atoms with Crippen molar-refractivity contribution in [3.8, 4) is 5.69 Å². The molecule has 7 nitrogen and oxygen atoms in total. The number of rotatable bonds is 3. The number of amides is 1. The molecule has 1 fully saturated rings. The van der Waals surface area contributed by atoms with Crippen LogP contribution in [0, 0.1) is 6.92 Å². The van der Waals surface area contributed by atoms with Gasteiger partial charge in [-0.1, -0.05) is 6.07 Å². The van der Waals surface area contributed by atoms with Crippen LogP contribution in [0.1, 0.15) is 34.2 Å². The predicted octanol–water partition coefficient (Wildman–Crippen LogP) is 1.94. The van der Waals surface area contributed by atoms with Crippen LogP contribution in [0.15, 0.2) is 43.1 Å². The van der Waals surface area contributed by atoms with E-state index in [1.807, 2.05) is 49.3 Å². The molecule has 2 aromatic heterocycles. The Balaban J connectivity index is 1.52.